The molecule has 4 nitrogen and oxygen atoms in total. The van der Waals surface area contributed by atoms with Gasteiger partial charge >= 0.3 is 0 Å². The second-order valence-electron chi connectivity index (χ2n) is 6.60. The van der Waals surface area contributed by atoms with Crippen LogP contribution in [-0.4, -0.2) is 22.4 Å². The highest BCUT2D eigenvalue weighted by molar-refractivity contribution is 5.75. The lowest BCUT2D eigenvalue weighted by atomic mass is 9.89. The summed E-state index contributed by atoms with van der Waals surface area (Å²) in [5.41, 5.74) is 5.29. The molecule has 2 aromatic rings. The maximum Gasteiger partial charge on any atom is 0.0998 e. The molecular weight excluding hydrogens is 272 g/mol. The molecule has 0 bridgehead atoms. The number of aromatic nitrogens is 2. The Morgan fingerprint density at radius 2 is 2.14 bits per heavy atom. The first kappa shape index (κ1) is 14.6. The molecule has 0 saturated heterocycles. The Bertz CT molecular complexity index is 736. The van der Waals surface area contributed by atoms with E-state index in [0.29, 0.717) is 12.0 Å². The molecule has 0 radical (unpaired) electrons. The van der Waals surface area contributed by atoms with Gasteiger partial charge in [0.25, 0.3) is 0 Å². The average molecular weight is 294 g/mol. The molecule has 0 amide bonds. The van der Waals surface area contributed by atoms with Crippen LogP contribution in [0.5, 0.6) is 0 Å². The van der Waals surface area contributed by atoms with Crippen LogP contribution in [0.2, 0.25) is 0 Å². The molecule has 1 atom stereocenters. The molecule has 1 aliphatic heterocycles. The minimum absolute atomic E-state index is 0.442. The zero-order valence-electron chi connectivity index (χ0n) is 13.7. The highest BCUT2D eigenvalue weighted by Crippen LogP contribution is 2.36. The molecular formula is C18H22N4. The van der Waals surface area contributed by atoms with Crippen molar-refractivity contribution in [3.8, 4) is 17.2 Å². The summed E-state index contributed by atoms with van der Waals surface area (Å²) in [4.78, 5) is 2.41. The van der Waals surface area contributed by atoms with Crippen LogP contribution >= 0.6 is 0 Å². The van der Waals surface area contributed by atoms with E-state index in [-0.39, 0.29) is 0 Å². The van der Waals surface area contributed by atoms with E-state index in [0.717, 1.165) is 29.7 Å². The fourth-order valence-electron chi connectivity index (χ4n) is 3.32. The monoisotopic (exact) mass is 294 g/mol. The van der Waals surface area contributed by atoms with Crippen LogP contribution in [0.1, 0.15) is 31.9 Å². The van der Waals surface area contributed by atoms with Gasteiger partial charge in [-0.05, 0) is 43.9 Å². The Morgan fingerprint density at radius 3 is 2.73 bits per heavy atom. The Morgan fingerprint density at radius 1 is 1.36 bits per heavy atom. The number of benzene rings is 1. The fourth-order valence-corrected chi connectivity index (χ4v) is 3.32. The highest BCUT2D eigenvalue weighted by atomic mass is 15.2. The summed E-state index contributed by atoms with van der Waals surface area (Å²) < 4.78 is 1.78. The fraction of sp³-hybridized carbons (Fsp3) is 0.444. The van der Waals surface area contributed by atoms with Gasteiger partial charge in [-0.25, -0.2) is 0 Å². The van der Waals surface area contributed by atoms with E-state index >= 15 is 0 Å². The van der Waals surface area contributed by atoms with E-state index in [4.69, 9.17) is 0 Å². The topological polar surface area (TPSA) is 44.9 Å². The summed E-state index contributed by atoms with van der Waals surface area (Å²) in [7, 11) is 1.90. The smallest absolute Gasteiger partial charge is 0.0998 e. The number of nitrogens with zero attached hydrogens (tertiary/aromatic N) is 4. The molecule has 0 fully saturated rings. The number of hydrogen-bond donors (Lipinski definition) is 0. The molecule has 4 heteroatoms. The third-order valence-electron chi connectivity index (χ3n) is 4.36. The molecule has 1 aromatic heterocycles. The molecule has 0 spiro atoms. The maximum absolute atomic E-state index is 9.57. The van der Waals surface area contributed by atoms with Gasteiger partial charge in [-0.3, -0.25) is 4.68 Å². The van der Waals surface area contributed by atoms with Crippen LogP contribution in [0.25, 0.3) is 11.1 Å². The zero-order valence-corrected chi connectivity index (χ0v) is 13.7. The van der Waals surface area contributed by atoms with Crippen LogP contribution in [0, 0.1) is 17.2 Å². The lowest BCUT2D eigenvalue weighted by molar-refractivity contribution is 0.505. The number of fused-ring (bicyclic) bond motifs is 1. The number of hydrogen-bond acceptors (Lipinski definition) is 3. The largest absolute Gasteiger partial charge is 0.369 e. The minimum atomic E-state index is 0.442. The van der Waals surface area contributed by atoms with E-state index in [2.05, 4.69) is 49.0 Å². The number of aryl methyl sites for hydroxylation is 1. The van der Waals surface area contributed by atoms with Crippen molar-refractivity contribution < 1.29 is 0 Å². The van der Waals surface area contributed by atoms with Gasteiger partial charge in [0.1, 0.15) is 0 Å². The lowest BCUT2D eigenvalue weighted by Gasteiger charge is -2.38. The lowest BCUT2D eigenvalue weighted by Crippen LogP contribution is -2.39. The van der Waals surface area contributed by atoms with Crippen LogP contribution in [0.3, 0.4) is 0 Å². The van der Waals surface area contributed by atoms with Crippen molar-refractivity contribution in [3.05, 3.63) is 35.7 Å². The van der Waals surface area contributed by atoms with Crippen molar-refractivity contribution in [3.63, 3.8) is 0 Å². The SMILES string of the molecule is CC(C)N1C[C@H](C)Cc2cc(-c3cnn(C)c3)c(C#N)cc21. The first-order valence-corrected chi connectivity index (χ1v) is 7.82. The van der Waals surface area contributed by atoms with Crippen molar-refractivity contribution in [2.24, 2.45) is 13.0 Å². The summed E-state index contributed by atoms with van der Waals surface area (Å²) in [6, 6.07) is 7.05. The third-order valence-corrected chi connectivity index (χ3v) is 4.36. The molecule has 1 aromatic carbocycles. The number of nitriles is 1. The van der Waals surface area contributed by atoms with Gasteiger partial charge in [0.2, 0.25) is 0 Å². The molecule has 2 heterocycles. The first-order chi connectivity index (χ1) is 10.5. The zero-order chi connectivity index (χ0) is 15.9. The molecule has 0 saturated carbocycles. The summed E-state index contributed by atoms with van der Waals surface area (Å²) in [6.45, 7) is 7.77. The Kier molecular flexibility index (Phi) is 3.66. The average Bonchev–Trinajstić information content (AvgIpc) is 2.91. The van der Waals surface area contributed by atoms with Gasteiger partial charge in [0.15, 0.2) is 0 Å². The predicted octanol–water partition coefficient (Wildman–Crippen LogP) is 3.37. The van der Waals surface area contributed by atoms with Crippen LogP contribution in [0.15, 0.2) is 24.5 Å². The highest BCUT2D eigenvalue weighted by Gasteiger charge is 2.25. The van der Waals surface area contributed by atoms with E-state index in [1.54, 1.807) is 4.68 Å². The number of rotatable bonds is 2. The molecule has 0 unspecified atom stereocenters. The van der Waals surface area contributed by atoms with Gasteiger partial charge in [0, 0.05) is 42.6 Å². The number of anilines is 1. The summed E-state index contributed by atoms with van der Waals surface area (Å²) in [5.74, 6) is 0.629. The standard InChI is InChI=1S/C18H22N4/c1-12(2)22-10-13(3)5-14-6-17(15(8-19)7-18(14)22)16-9-20-21(4)11-16/h6-7,9,11-13H,5,10H2,1-4H3/t13-/m1/s1. The van der Waals surface area contributed by atoms with Crippen molar-refractivity contribution in [1.82, 2.24) is 9.78 Å². The third kappa shape index (κ3) is 2.48. The quantitative estimate of drug-likeness (QED) is 0.853. The Labute approximate surface area is 132 Å². The first-order valence-electron chi connectivity index (χ1n) is 7.82. The molecule has 3 rings (SSSR count). The Balaban J connectivity index is 2.16. The molecule has 114 valence electrons. The van der Waals surface area contributed by atoms with Gasteiger partial charge < -0.3 is 4.90 Å². The van der Waals surface area contributed by atoms with Crippen molar-refractivity contribution in [2.75, 3.05) is 11.4 Å². The van der Waals surface area contributed by atoms with E-state index in [1.165, 1.54) is 11.3 Å². The predicted molar refractivity (Wildman–Crippen MR) is 88.7 cm³/mol. The van der Waals surface area contributed by atoms with Gasteiger partial charge in [0.05, 0.1) is 17.8 Å². The molecule has 0 aliphatic carbocycles. The molecule has 0 N–H and O–H groups in total. The minimum Gasteiger partial charge on any atom is -0.369 e. The van der Waals surface area contributed by atoms with Crippen LogP contribution in [-0.2, 0) is 13.5 Å². The van der Waals surface area contributed by atoms with E-state index < -0.39 is 0 Å². The van der Waals surface area contributed by atoms with Gasteiger partial charge in [-0.1, -0.05) is 6.92 Å². The second-order valence-corrected chi connectivity index (χ2v) is 6.60. The summed E-state index contributed by atoms with van der Waals surface area (Å²) >= 11 is 0. The summed E-state index contributed by atoms with van der Waals surface area (Å²) in [6.07, 6.45) is 4.86. The Hall–Kier alpha value is -2.28. The second kappa shape index (κ2) is 5.49. The van der Waals surface area contributed by atoms with Crippen LogP contribution in [0.4, 0.5) is 5.69 Å². The van der Waals surface area contributed by atoms with Crippen molar-refractivity contribution in [1.29, 1.82) is 5.26 Å². The summed E-state index contributed by atoms with van der Waals surface area (Å²) in [5, 5.41) is 13.8. The molecule has 22 heavy (non-hydrogen) atoms. The van der Waals surface area contributed by atoms with Crippen LogP contribution < -0.4 is 4.90 Å². The van der Waals surface area contributed by atoms with Gasteiger partial charge in [-0.15, -0.1) is 0 Å². The van der Waals surface area contributed by atoms with Crippen molar-refractivity contribution in [2.45, 2.75) is 33.2 Å². The van der Waals surface area contributed by atoms with Crippen molar-refractivity contribution >= 4 is 5.69 Å². The van der Waals surface area contributed by atoms with E-state index in [9.17, 15) is 5.26 Å². The van der Waals surface area contributed by atoms with E-state index in [1.807, 2.05) is 19.4 Å². The van der Waals surface area contributed by atoms with Gasteiger partial charge in [-0.2, -0.15) is 10.4 Å². The molecule has 1 aliphatic rings. The normalized spacial score (nSPS) is 17.5. The maximum atomic E-state index is 9.57.